The molecule has 1 amide bonds. The van der Waals surface area contributed by atoms with E-state index in [1.165, 1.54) is 50.5 Å². The highest BCUT2D eigenvalue weighted by Crippen LogP contribution is 2.23. The van der Waals surface area contributed by atoms with Crippen molar-refractivity contribution in [1.82, 2.24) is 4.31 Å². The monoisotopic (exact) mass is 493 g/mol. The van der Waals surface area contributed by atoms with Gasteiger partial charge in [-0.1, -0.05) is 23.7 Å². The Kier molecular flexibility index (Phi) is 6.89. The van der Waals surface area contributed by atoms with Gasteiger partial charge in [0.2, 0.25) is 10.0 Å². The third kappa shape index (κ3) is 5.28. The zero-order valence-electron chi connectivity index (χ0n) is 17.1. The van der Waals surface area contributed by atoms with Crippen LogP contribution in [0, 0.1) is 0 Å². The minimum absolute atomic E-state index is 0.0378. The highest BCUT2D eigenvalue weighted by molar-refractivity contribution is 7.92. The molecule has 168 valence electrons. The van der Waals surface area contributed by atoms with Crippen LogP contribution in [0.2, 0.25) is 5.02 Å². The number of sulfonamides is 2. The number of rotatable bonds is 7. The highest BCUT2D eigenvalue weighted by Gasteiger charge is 2.21. The van der Waals surface area contributed by atoms with Crippen LogP contribution in [-0.2, 0) is 20.0 Å². The van der Waals surface area contributed by atoms with Crippen molar-refractivity contribution in [3.8, 4) is 0 Å². The normalized spacial score (nSPS) is 11.9. The highest BCUT2D eigenvalue weighted by atomic mass is 35.5. The summed E-state index contributed by atoms with van der Waals surface area (Å²) in [6.07, 6.45) is 0. The number of nitrogens with zero attached hydrogens (tertiary/aromatic N) is 1. The molecule has 0 saturated heterocycles. The van der Waals surface area contributed by atoms with E-state index in [0.29, 0.717) is 10.7 Å². The zero-order chi connectivity index (χ0) is 23.5. The Bertz CT molecular complexity index is 1340. The number of para-hydroxylation sites is 1. The number of benzene rings is 3. The smallest absolute Gasteiger partial charge is 0.261 e. The summed E-state index contributed by atoms with van der Waals surface area (Å²) in [7, 11) is -5.01. The molecule has 0 unspecified atom stereocenters. The molecule has 0 aromatic heterocycles. The van der Waals surface area contributed by atoms with Gasteiger partial charge in [-0.3, -0.25) is 9.52 Å². The molecular formula is C21H20ClN3O5S2. The third-order valence-corrected chi connectivity index (χ3v) is 7.89. The van der Waals surface area contributed by atoms with Gasteiger partial charge in [0.15, 0.2) is 0 Å². The van der Waals surface area contributed by atoms with Gasteiger partial charge >= 0.3 is 0 Å². The lowest BCUT2D eigenvalue weighted by molar-refractivity contribution is 0.102. The van der Waals surface area contributed by atoms with E-state index in [4.69, 9.17) is 11.6 Å². The molecule has 2 N–H and O–H groups in total. The SMILES string of the molecule is CN(C)S(=O)(=O)c1ccc(S(=O)(=O)Nc2ccccc2C(=O)Nc2ccc(Cl)cc2)cc1. The summed E-state index contributed by atoms with van der Waals surface area (Å²) in [4.78, 5) is 12.5. The standard InChI is InChI=1S/C21H20ClN3O5S2/c1-25(2)32(29,30)18-13-11-17(12-14-18)31(27,28)24-20-6-4-3-5-19(20)21(26)23-16-9-7-15(22)8-10-16/h3-14,24H,1-2H3,(H,23,26). The van der Waals surface area contributed by atoms with Crippen molar-refractivity contribution in [3.05, 3.63) is 83.4 Å². The van der Waals surface area contributed by atoms with Crippen LogP contribution in [0.1, 0.15) is 10.4 Å². The molecule has 0 saturated carbocycles. The second-order valence-electron chi connectivity index (χ2n) is 6.87. The maximum absolute atomic E-state index is 12.8. The van der Waals surface area contributed by atoms with Crippen LogP contribution < -0.4 is 10.0 Å². The van der Waals surface area contributed by atoms with Crippen LogP contribution in [0.5, 0.6) is 0 Å². The van der Waals surface area contributed by atoms with Gasteiger partial charge in [-0.25, -0.2) is 21.1 Å². The number of carbonyl (C=O) groups is 1. The third-order valence-electron chi connectivity index (χ3n) is 4.43. The second kappa shape index (κ2) is 9.29. The predicted molar refractivity (Wildman–Crippen MR) is 124 cm³/mol. The molecule has 3 aromatic rings. The van der Waals surface area contributed by atoms with Gasteiger partial charge in [0, 0.05) is 24.8 Å². The first kappa shape index (κ1) is 23.7. The molecule has 0 atom stereocenters. The van der Waals surface area contributed by atoms with Crippen molar-refractivity contribution < 1.29 is 21.6 Å². The van der Waals surface area contributed by atoms with E-state index in [-0.39, 0.29) is 21.0 Å². The summed E-state index contributed by atoms with van der Waals surface area (Å²) in [6, 6.07) is 17.4. The lowest BCUT2D eigenvalue weighted by Crippen LogP contribution is -2.22. The Morgan fingerprint density at radius 3 is 1.97 bits per heavy atom. The van der Waals surface area contributed by atoms with Crippen molar-refractivity contribution in [2.24, 2.45) is 0 Å². The number of amides is 1. The minimum atomic E-state index is -4.09. The van der Waals surface area contributed by atoms with Crippen LogP contribution in [-0.4, -0.2) is 41.1 Å². The fraction of sp³-hybridized carbons (Fsp3) is 0.0952. The lowest BCUT2D eigenvalue weighted by Gasteiger charge is -2.14. The van der Waals surface area contributed by atoms with Crippen molar-refractivity contribution in [3.63, 3.8) is 0 Å². The first-order valence-corrected chi connectivity index (χ1v) is 12.5. The summed E-state index contributed by atoms with van der Waals surface area (Å²) in [5, 5.41) is 3.20. The molecule has 0 aliphatic rings. The summed E-state index contributed by atoms with van der Waals surface area (Å²) in [6.45, 7) is 0. The van der Waals surface area contributed by atoms with Crippen LogP contribution >= 0.6 is 11.6 Å². The van der Waals surface area contributed by atoms with Crippen LogP contribution in [0.25, 0.3) is 0 Å². The van der Waals surface area contributed by atoms with Gasteiger partial charge in [-0.15, -0.1) is 0 Å². The number of carbonyl (C=O) groups excluding carboxylic acids is 1. The summed E-state index contributed by atoms with van der Waals surface area (Å²) < 4.78 is 53.5. The molecule has 32 heavy (non-hydrogen) atoms. The fourth-order valence-corrected chi connectivity index (χ4v) is 4.81. The average Bonchev–Trinajstić information content (AvgIpc) is 2.75. The Hall–Kier alpha value is -2.92. The Morgan fingerprint density at radius 2 is 1.38 bits per heavy atom. The van der Waals surface area contributed by atoms with E-state index in [0.717, 1.165) is 4.31 Å². The molecule has 11 heteroatoms. The summed E-state index contributed by atoms with van der Waals surface area (Å²) in [5.74, 6) is -0.516. The van der Waals surface area contributed by atoms with Crippen molar-refractivity contribution in [2.75, 3.05) is 24.1 Å². The van der Waals surface area contributed by atoms with E-state index in [1.807, 2.05) is 0 Å². The number of anilines is 2. The quantitative estimate of drug-likeness (QED) is 0.521. The first-order valence-electron chi connectivity index (χ1n) is 9.22. The van der Waals surface area contributed by atoms with Crippen molar-refractivity contribution in [1.29, 1.82) is 0 Å². The Balaban J connectivity index is 1.85. The fourth-order valence-electron chi connectivity index (χ4n) is 2.71. The molecule has 3 aromatic carbocycles. The first-order chi connectivity index (χ1) is 15.0. The summed E-state index contributed by atoms with van der Waals surface area (Å²) >= 11 is 5.85. The number of hydrogen-bond acceptors (Lipinski definition) is 5. The number of nitrogens with one attached hydrogen (secondary N) is 2. The largest absolute Gasteiger partial charge is 0.322 e. The predicted octanol–water partition coefficient (Wildman–Crippen LogP) is 3.64. The van der Waals surface area contributed by atoms with Gasteiger partial charge in [0.05, 0.1) is 21.0 Å². The molecule has 0 bridgehead atoms. The summed E-state index contributed by atoms with van der Waals surface area (Å²) in [5.41, 5.74) is 0.677. The van der Waals surface area contributed by atoms with Gasteiger partial charge in [-0.2, -0.15) is 0 Å². The minimum Gasteiger partial charge on any atom is -0.322 e. The Labute approximate surface area is 191 Å². The Morgan fingerprint density at radius 1 is 0.812 bits per heavy atom. The number of halogens is 1. The van der Waals surface area contributed by atoms with Crippen LogP contribution in [0.4, 0.5) is 11.4 Å². The van der Waals surface area contributed by atoms with E-state index in [2.05, 4.69) is 10.0 Å². The molecule has 0 aliphatic carbocycles. The zero-order valence-corrected chi connectivity index (χ0v) is 19.5. The second-order valence-corrected chi connectivity index (χ2v) is 11.1. The van der Waals surface area contributed by atoms with E-state index >= 15 is 0 Å². The van der Waals surface area contributed by atoms with Crippen LogP contribution in [0.3, 0.4) is 0 Å². The average molecular weight is 494 g/mol. The van der Waals surface area contributed by atoms with E-state index < -0.39 is 26.0 Å². The maximum Gasteiger partial charge on any atom is 0.261 e. The van der Waals surface area contributed by atoms with E-state index in [9.17, 15) is 21.6 Å². The molecule has 0 spiro atoms. The molecule has 3 rings (SSSR count). The topological polar surface area (TPSA) is 113 Å². The van der Waals surface area contributed by atoms with Crippen molar-refractivity contribution >= 4 is 48.9 Å². The van der Waals surface area contributed by atoms with Gasteiger partial charge < -0.3 is 5.32 Å². The van der Waals surface area contributed by atoms with E-state index in [1.54, 1.807) is 36.4 Å². The van der Waals surface area contributed by atoms with Crippen molar-refractivity contribution in [2.45, 2.75) is 9.79 Å². The van der Waals surface area contributed by atoms with Gasteiger partial charge in [0.1, 0.15) is 0 Å². The van der Waals surface area contributed by atoms with Gasteiger partial charge in [-0.05, 0) is 60.7 Å². The molecule has 8 nitrogen and oxygen atoms in total. The molecule has 0 aliphatic heterocycles. The maximum atomic E-state index is 12.8. The lowest BCUT2D eigenvalue weighted by atomic mass is 10.1. The molecular weight excluding hydrogens is 474 g/mol. The molecule has 0 radical (unpaired) electrons. The van der Waals surface area contributed by atoms with Gasteiger partial charge in [0.25, 0.3) is 15.9 Å². The number of hydrogen-bond donors (Lipinski definition) is 2. The molecule has 0 heterocycles. The van der Waals surface area contributed by atoms with Crippen LogP contribution in [0.15, 0.2) is 82.6 Å². The molecule has 0 fully saturated rings.